The molecule has 2 heterocycles. The Kier molecular flexibility index (Phi) is 11.0. The summed E-state index contributed by atoms with van der Waals surface area (Å²) in [4.78, 5) is 43.3. The van der Waals surface area contributed by atoms with Crippen LogP contribution in [0, 0.1) is 62.1 Å². The van der Waals surface area contributed by atoms with Crippen molar-refractivity contribution < 1.29 is 29.3 Å². The smallest absolute Gasteiger partial charge is 0.309 e. The molecule has 0 spiro atoms. The van der Waals surface area contributed by atoms with Gasteiger partial charge >= 0.3 is 11.9 Å². The minimum Gasteiger partial charge on any atom is -0.481 e. The number of carbonyl (C=O) groups is 3. The zero-order valence-corrected chi connectivity index (χ0v) is 35.2. The topological polar surface area (TPSA) is 168 Å². The summed E-state index contributed by atoms with van der Waals surface area (Å²) in [6.07, 6.45) is 8.28. The van der Waals surface area contributed by atoms with Gasteiger partial charge < -0.3 is 19.5 Å². The number of pyridine rings is 1. The van der Waals surface area contributed by atoms with E-state index in [0.29, 0.717) is 47.6 Å². The van der Waals surface area contributed by atoms with E-state index in [4.69, 9.17) is 4.74 Å². The predicted molar refractivity (Wildman–Crippen MR) is 211 cm³/mol. The van der Waals surface area contributed by atoms with Gasteiger partial charge in [0.05, 0.1) is 17.4 Å². The maximum Gasteiger partial charge on any atom is 0.309 e. The number of hydrogen-bond acceptors (Lipinski definition) is 9. The Balaban J connectivity index is 1.31. The zero-order chi connectivity index (χ0) is 41.2. The molecule has 3 saturated carbocycles. The van der Waals surface area contributed by atoms with Crippen molar-refractivity contribution >= 4 is 17.7 Å². The number of nitrogens with zero attached hydrogens (tertiary/aromatic N) is 5. The fraction of sp³-hybridized carbons (Fsp3) is 0.711. The van der Waals surface area contributed by atoms with Crippen LogP contribution >= 0.6 is 0 Å². The minimum atomic E-state index is -1.18. The Hall–Kier alpha value is -3.91. The summed E-state index contributed by atoms with van der Waals surface area (Å²) in [6.45, 7) is 19.2. The number of esters is 1. The second kappa shape index (κ2) is 14.8. The molecule has 4 aliphatic rings. The van der Waals surface area contributed by atoms with Gasteiger partial charge in [0.1, 0.15) is 24.0 Å². The van der Waals surface area contributed by atoms with Crippen LogP contribution < -0.4 is 0 Å². The van der Waals surface area contributed by atoms with Crippen LogP contribution in [-0.2, 0) is 26.2 Å². The summed E-state index contributed by atoms with van der Waals surface area (Å²) >= 11 is 0. The number of aliphatic hydroxyl groups excluding tert-OH is 1. The maximum absolute atomic E-state index is 14.2. The number of aliphatic hydroxyl groups is 1. The molecular weight excluding hydrogens is 707 g/mol. The minimum absolute atomic E-state index is 0.00947. The van der Waals surface area contributed by atoms with E-state index in [-0.39, 0.29) is 52.8 Å². The highest BCUT2D eigenvalue weighted by Gasteiger charge is 2.69. The summed E-state index contributed by atoms with van der Waals surface area (Å²) in [5.74, 6) is 0.608. The first kappa shape index (κ1) is 41.7. The summed E-state index contributed by atoms with van der Waals surface area (Å²) in [5, 5.41) is 40.4. The van der Waals surface area contributed by atoms with Gasteiger partial charge in [-0.3, -0.25) is 19.4 Å². The highest BCUT2D eigenvalue weighted by Crippen LogP contribution is 2.76. The number of aliphatic carboxylic acids is 1. The number of ether oxygens (including phenoxy) is 1. The number of rotatable bonds is 12. The van der Waals surface area contributed by atoms with Crippen molar-refractivity contribution in [1.29, 1.82) is 5.26 Å². The second-order valence-corrected chi connectivity index (χ2v) is 19.5. The molecule has 56 heavy (non-hydrogen) atoms. The molecule has 0 saturated heterocycles. The van der Waals surface area contributed by atoms with Gasteiger partial charge in [0.15, 0.2) is 17.4 Å². The fourth-order valence-corrected chi connectivity index (χ4v) is 12.1. The van der Waals surface area contributed by atoms with Crippen molar-refractivity contribution in [2.24, 2.45) is 57.8 Å². The molecular formula is C45H63N5O6. The van der Waals surface area contributed by atoms with Crippen LogP contribution in [0.2, 0.25) is 0 Å². The van der Waals surface area contributed by atoms with E-state index in [0.717, 1.165) is 56.1 Å². The van der Waals surface area contributed by atoms with E-state index in [1.165, 1.54) is 6.20 Å². The predicted octanol–water partition coefficient (Wildman–Crippen LogP) is 8.57. The molecule has 9 atom stereocenters. The van der Waals surface area contributed by atoms with Gasteiger partial charge in [-0.25, -0.2) is 0 Å². The van der Waals surface area contributed by atoms with Crippen LogP contribution in [0.1, 0.15) is 150 Å². The van der Waals surface area contributed by atoms with E-state index in [9.17, 15) is 29.9 Å². The second-order valence-electron chi connectivity index (χ2n) is 19.5. The molecule has 6 rings (SSSR count). The van der Waals surface area contributed by atoms with Crippen molar-refractivity contribution in [3.8, 4) is 17.6 Å². The monoisotopic (exact) mass is 769 g/mol. The number of Topliss-reactive ketones (excluding diaryl/α,β-unsaturated/α-hetero) is 1. The average Bonchev–Trinajstić information content (AvgIpc) is 3.68. The van der Waals surface area contributed by atoms with Gasteiger partial charge in [-0.05, 0) is 135 Å². The highest BCUT2D eigenvalue weighted by atomic mass is 16.5. The molecule has 2 aromatic heterocycles. The lowest BCUT2D eigenvalue weighted by atomic mass is 9.35. The van der Waals surface area contributed by atoms with Crippen molar-refractivity contribution in [3.63, 3.8) is 0 Å². The molecule has 3 fully saturated rings. The lowest BCUT2D eigenvalue weighted by molar-refractivity contribution is -0.191. The van der Waals surface area contributed by atoms with Crippen LogP contribution in [0.3, 0.4) is 0 Å². The van der Waals surface area contributed by atoms with Gasteiger partial charge in [-0.1, -0.05) is 48.5 Å². The number of fused-ring (bicyclic) bond motifs is 5. The molecule has 0 radical (unpaired) electrons. The highest BCUT2D eigenvalue weighted by molar-refractivity contribution is 6.00. The Morgan fingerprint density at radius 3 is 2.41 bits per heavy atom. The van der Waals surface area contributed by atoms with Gasteiger partial charge in [0, 0.05) is 25.1 Å². The summed E-state index contributed by atoms with van der Waals surface area (Å²) in [6, 6.07) is 5.52. The summed E-state index contributed by atoms with van der Waals surface area (Å²) in [7, 11) is 1.83. The first-order valence-electron chi connectivity index (χ1n) is 20.8. The van der Waals surface area contributed by atoms with E-state index < -0.39 is 28.9 Å². The molecule has 2 N–H and O–H groups in total. The van der Waals surface area contributed by atoms with Gasteiger partial charge in [0.2, 0.25) is 0 Å². The number of ketones is 1. The molecule has 4 aliphatic carbocycles. The van der Waals surface area contributed by atoms with E-state index >= 15 is 0 Å². The lowest BCUT2D eigenvalue weighted by Gasteiger charge is -2.69. The molecule has 304 valence electrons. The largest absolute Gasteiger partial charge is 0.481 e. The molecule has 11 heteroatoms. The van der Waals surface area contributed by atoms with Gasteiger partial charge in [-0.15, -0.1) is 10.2 Å². The van der Waals surface area contributed by atoms with Crippen LogP contribution in [0.25, 0.3) is 11.5 Å². The first-order valence-corrected chi connectivity index (χ1v) is 20.8. The summed E-state index contributed by atoms with van der Waals surface area (Å²) in [5.41, 5.74) is 0.933. The number of nitriles is 1. The van der Waals surface area contributed by atoms with Crippen molar-refractivity contribution in [2.75, 3.05) is 0 Å². The fourth-order valence-electron chi connectivity index (χ4n) is 12.1. The normalized spacial score (nSPS) is 32.6. The Bertz CT molecular complexity index is 1940. The lowest BCUT2D eigenvalue weighted by Crippen LogP contribution is -2.62. The van der Waals surface area contributed by atoms with Crippen LogP contribution in [0.5, 0.6) is 0 Å². The Morgan fingerprint density at radius 1 is 1.09 bits per heavy atom. The third kappa shape index (κ3) is 6.52. The molecule has 0 amide bonds. The third-order valence-electron chi connectivity index (χ3n) is 15.9. The standard InChI is InChI=1S/C45H63N5O6/c1-11-29(56-34(52)23-41(5,6)40(54)55)17-18-42(7)27(4)16-19-44(9)33(42)15-13-30-36-35(26(2)3)32(51)22-45(36,21-20-43(30,44)8)37(53)39-49-48-38(50(39)10)31-14-12-28(24-46)25-47-31/h12,14,25-27,29-30,33,37,53H,11,13,15-23H2,1-10H3,(H,54,55)/t27-,29-,30-,33-,37-,42+,43-,44-,45-/m1/s1. The zero-order valence-electron chi connectivity index (χ0n) is 35.2. The van der Waals surface area contributed by atoms with Crippen molar-refractivity contribution in [2.45, 2.75) is 145 Å². The molecule has 0 aromatic carbocycles. The molecule has 0 aliphatic heterocycles. The third-order valence-corrected chi connectivity index (χ3v) is 15.9. The molecule has 0 bridgehead atoms. The maximum atomic E-state index is 14.2. The average molecular weight is 770 g/mol. The van der Waals surface area contributed by atoms with Crippen LogP contribution in [0.15, 0.2) is 29.5 Å². The van der Waals surface area contributed by atoms with Crippen molar-refractivity contribution in [3.05, 3.63) is 40.9 Å². The van der Waals surface area contributed by atoms with E-state index in [1.807, 2.05) is 14.0 Å². The van der Waals surface area contributed by atoms with Gasteiger partial charge in [-0.2, -0.15) is 5.26 Å². The first-order chi connectivity index (χ1) is 26.2. The summed E-state index contributed by atoms with van der Waals surface area (Å²) < 4.78 is 7.73. The number of carboxylic acid groups (broad SMARTS) is 1. The number of carboxylic acids is 1. The van der Waals surface area contributed by atoms with Crippen LogP contribution in [-0.4, -0.2) is 53.8 Å². The number of carbonyl (C=O) groups excluding carboxylic acids is 2. The molecule has 11 nitrogen and oxygen atoms in total. The Morgan fingerprint density at radius 2 is 1.80 bits per heavy atom. The SMILES string of the molecule is CC[C@H](CC[C@@]1(C)[C@H](C)CC[C@]2(C)[C@@H]1CC[C@@H]1C3=C(C(C)C)C(=O)C[C@]3([C@H](O)c3nnc(-c4ccc(C#N)cn4)n3C)CC[C@]12C)OC(=O)CC(C)(C)C(=O)O. The van der Waals surface area contributed by atoms with Gasteiger partial charge in [0.25, 0.3) is 0 Å². The molecule has 2 aromatic rings. The van der Waals surface area contributed by atoms with Crippen molar-refractivity contribution in [1.82, 2.24) is 19.7 Å². The molecule has 0 unspecified atom stereocenters. The quantitative estimate of drug-likeness (QED) is 0.200. The number of aromatic nitrogens is 4. The Labute approximate surface area is 332 Å². The van der Waals surface area contributed by atoms with E-state index in [2.05, 4.69) is 62.8 Å². The van der Waals surface area contributed by atoms with Crippen LogP contribution in [0.4, 0.5) is 0 Å². The van der Waals surface area contributed by atoms with E-state index in [1.54, 1.807) is 30.5 Å². The number of hydrogen-bond donors (Lipinski definition) is 2. The number of allylic oxidation sites excluding steroid dienone is 1.